The maximum atomic E-state index is 2.51. The molecule has 5 aromatic rings. The highest BCUT2D eigenvalue weighted by molar-refractivity contribution is 7.19. The predicted octanol–water partition coefficient (Wildman–Crippen LogP) is 9.94. The van der Waals surface area contributed by atoms with Crippen LogP contribution in [0.5, 0.6) is 0 Å². The Labute approximate surface area is 234 Å². The lowest BCUT2D eigenvalue weighted by molar-refractivity contribution is 0.811. The second-order valence-corrected chi connectivity index (χ2v) is 12.4. The van der Waals surface area contributed by atoms with E-state index in [4.69, 9.17) is 0 Å². The molecule has 2 aromatic heterocycles. The Morgan fingerprint density at radius 1 is 0.769 bits per heavy atom. The molecule has 2 heteroatoms. The van der Waals surface area contributed by atoms with Gasteiger partial charge in [-0.3, -0.25) is 0 Å². The van der Waals surface area contributed by atoms with Crippen LogP contribution in [-0.4, -0.2) is 4.57 Å². The summed E-state index contributed by atoms with van der Waals surface area (Å²) in [5, 5.41) is 1.43. The van der Waals surface area contributed by atoms with Gasteiger partial charge in [-0.25, -0.2) is 0 Å². The lowest BCUT2D eigenvalue weighted by Gasteiger charge is -2.20. The summed E-state index contributed by atoms with van der Waals surface area (Å²) in [5.74, 6) is 0.418. The van der Waals surface area contributed by atoms with Gasteiger partial charge in [0, 0.05) is 32.6 Å². The minimum absolute atomic E-state index is 0.418. The third-order valence-electron chi connectivity index (χ3n) is 8.75. The van der Waals surface area contributed by atoms with Crippen LogP contribution < -0.4 is 0 Å². The Hall–Kier alpha value is -3.88. The maximum Gasteiger partial charge on any atom is 0.0494 e. The average molecular weight is 522 g/mol. The van der Waals surface area contributed by atoms with Crippen molar-refractivity contribution >= 4 is 39.7 Å². The minimum Gasteiger partial charge on any atom is -0.310 e. The summed E-state index contributed by atoms with van der Waals surface area (Å²) >= 11 is 2.00. The van der Waals surface area contributed by atoms with Gasteiger partial charge in [-0.1, -0.05) is 78.4 Å². The number of aryl methyl sites for hydroxylation is 2. The normalized spacial score (nSPS) is 17.3. The van der Waals surface area contributed by atoms with Crippen molar-refractivity contribution in [2.75, 3.05) is 0 Å². The standard InChI is InChI=1S/C37H31NS/c1-24-8-6-9-25(20-24)26-10-7-11-29(21-26)38-34-14-4-2-12-30(34)33-22-27(17-19-35(33)38)28-16-18-32-31-13-3-5-15-36(31)39-37(32)23-28/h3-4,6-11,13-14,16-21,23,27H,2,5,12,15,22H2,1H3. The van der Waals surface area contributed by atoms with Crippen molar-refractivity contribution in [3.05, 3.63) is 129 Å². The molecule has 0 saturated heterocycles. The first-order valence-corrected chi connectivity index (χ1v) is 15.0. The van der Waals surface area contributed by atoms with Crippen LogP contribution in [-0.2, 0) is 19.3 Å². The number of aromatic nitrogens is 1. The Morgan fingerprint density at radius 2 is 1.59 bits per heavy atom. The fraction of sp³-hybridized carbons (Fsp3) is 0.189. The molecule has 0 saturated carbocycles. The largest absolute Gasteiger partial charge is 0.310 e. The lowest BCUT2D eigenvalue weighted by Crippen LogP contribution is -2.08. The van der Waals surface area contributed by atoms with E-state index in [0.717, 1.165) is 19.3 Å². The van der Waals surface area contributed by atoms with Crippen LogP contribution in [0.2, 0.25) is 0 Å². The third kappa shape index (κ3) is 3.81. The molecule has 0 radical (unpaired) electrons. The van der Waals surface area contributed by atoms with Gasteiger partial charge < -0.3 is 4.57 Å². The van der Waals surface area contributed by atoms with Crippen molar-refractivity contribution in [1.82, 2.24) is 4.57 Å². The van der Waals surface area contributed by atoms with Gasteiger partial charge >= 0.3 is 0 Å². The highest BCUT2D eigenvalue weighted by atomic mass is 32.1. The van der Waals surface area contributed by atoms with Gasteiger partial charge in [0.2, 0.25) is 0 Å². The van der Waals surface area contributed by atoms with Gasteiger partial charge in [-0.2, -0.15) is 0 Å². The van der Waals surface area contributed by atoms with Crippen LogP contribution in [0.1, 0.15) is 62.8 Å². The molecule has 1 nitrogen and oxygen atoms in total. The lowest BCUT2D eigenvalue weighted by atomic mass is 9.84. The molecule has 190 valence electrons. The smallest absolute Gasteiger partial charge is 0.0494 e. The summed E-state index contributed by atoms with van der Waals surface area (Å²) < 4.78 is 3.95. The molecule has 0 fully saturated rings. The average Bonchev–Trinajstić information content (AvgIpc) is 3.52. The quantitative estimate of drug-likeness (QED) is 0.223. The number of allylic oxidation sites excluding steroid dienone is 3. The van der Waals surface area contributed by atoms with Gasteiger partial charge in [0.1, 0.15) is 0 Å². The van der Waals surface area contributed by atoms with Crippen LogP contribution in [0, 0.1) is 6.92 Å². The molecule has 3 aliphatic rings. The highest BCUT2D eigenvalue weighted by Gasteiger charge is 2.27. The molecule has 0 bridgehead atoms. The maximum absolute atomic E-state index is 2.51. The van der Waals surface area contributed by atoms with E-state index in [1.54, 1.807) is 10.4 Å². The summed E-state index contributed by atoms with van der Waals surface area (Å²) in [6.45, 7) is 2.17. The van der Waals surface area contributed by atoms with Crippen LogP contribution in [0.25, 0.3) is 45.1 Å². The van der Waals surface area contributed by atoms with Gasteiger partial charge in [0.15, 0.2) is 0 Å². The van der Waals surface area contributed by atoms with Crippen LogP contribution in [0.3, 0.4) is 0 Å². The van der Waals surface area contributed by atoms with E-state index in [2.05, 4.69) is 115 Å². The number of thiophene rings is 1. The molecular formula is C37H31NS. The van der Waals surface area contributed by atoms with Gasteiger partial charge in [-0.15, -0.1) is 11.3 Å². The van der Waals surface area contributed by atoms with E-state index in [1.165, 1.54) is 73.4 Å². The summed E-state index contributed by atoms with van der Waals surface area (Å²) in [6.07, 6.45) is 19.9. The highest BCUT2D eigenvalue weighted by Crippen LogP contribution is 2.42. The van der Waals surface area contributed by atoms with Crippen molar-refractivity contribution in [3.63, 3.8) is 0 Å². The number of fused-ring (bicyclic) bond motifs is 6. The monoisotopic (exact) mass is 521 g/mol. The van der Waals surface area contributed by atoms with E-state index in [1.807, 2.05) is 11.3 Å². The van der Waals surface area contributed by atoms with Gasteiger partial charge in [-0.05, 0) is 108 Å². The second kappa shape index (κ2) is 9.10. The van der Waals surface area contributed by atoms with Crippen molar-refractivity contribution < 1.29 is 0 Å². The summed E-state index contributed by atoms with van der Waals surface area (Å²) in [7, 11) is 0. The van der Waals surface area contributed by atoms with Gasteiger partial charge in [0.05, 0.1) is 0 Å². The predicted molar refractivity (Wildman–Crippen MR) is 168 cm³/mol. The minimum atomic E-state index is 0.418. The van der Waals surface area contributed by atoms with Crippen molar-refractivity contribution in [1.29, 1.82) is 0 Å². The Morgan fingerprint density at radius 3 is 2.51 bits per heavy atom. The number of nitrogens with zero attached hydrogens (tertiary/aromatic N) is 1. The Kier molecular flexibility index (Phi) is 5.38. The Bertz CT molecular complexity index is 1850. The number of benzene rings is 3. The van der Waals surface area contributed by atoms with Crippen LogP contribution >= 0.6 is 11.3 Å². The zero-order valence-electron chi connectivity index (χ0n) is 22.3. The fourth-order valence-corrected chi connectivity index (χ4v) is 8.09. The molecule has 3 aliphatic carbocycles. The summed E-state index contributed by atoms with van der Waals surface area (Å²) in [5.41, 5.74) is 13.8. The summed E-state index contributed by atoms with van der Waals surface area (Å²) in [6, 6.07) is 25.1. The molecule has 0 aliphatic heterocycles. The molecule has 1 unspecified atom stereocenters. The number of rotatable bonds is 3. The van der Waals surface area contributed by atoms with E-state index >= 15 is 0 Å². The summed E-state index contributed by atoms with van der Waals surface area (Å²) in [4.78, 5) is 1.55. The third-order valence-corrected chi connectivity index (χ3v) is 9.98. The topological polar surface area (TPSA) is 4.93 Å². The zero-order valence-corrected chi connectivity index (χ0v) is 23.1. The molecule has 1 atom stereocenters. The van der Waals surface area contributed by atoms with Crippen molar-refractivity contribution in [3.8, 4) is 16.8 Å². The number of hydrogen-bond donors (Lipinski definition) is 0. The van der Waals surface area contributed by atoms with E-state index in [9.17, 15) is 0 Å². The SMILES string of the molecule is Cc1cccc(-c2cccc(-n3c4c(c5c3C=CC(c3ccc6c7c(sc6c3)CCC=C7)C5)CCC=C4)c2)c1. The van der Waals surface area contributed by atoms with Crippen LogP contribution in [0.15, 0.2) is 85.0 Å². The van der Waals surface area contributed by atoms with E-state index in [-0.39, 0.29) is 0 Å². The zero-order chi connectivity index (χ0) is 25.9. The molecule has 8 rings (SSSR count). The molecule has 39 heavy (non-hydrogen) atoms. The molecule has 0 spiro atoms. The fourth-order valence-electron chi connectivity index (χ4n) is 6.84. The van der Waals surface area contributed by atoms with E-state index < -0.39 is 0 Å². The molecule has 0 amide bonds. The first-order valence-electron chi connectivity index (χ1n) is 14.2. The van der Waals surface area contributed by atoms with E-state index in [0.29, 0.717) is 5.92 Å². The first-order chi connectivity index (χ1) is 19.2. The van der Waals surface area contributed by atoms with Gasteiger partial charge in [0.25, 0.3) is 0 Å². The van der Waals surface area contributed by atoms with Crippen molar-refractivity contribution in [2.45, 2.75) is 44.9 Å². The van der Waals surface area contributed by atoms with Crippen molar-refractivity contribution in [2.24, 2.45) is 0 Å². The molecule has 2 heterocycles. The molecule has 0 N–H and O–H groups in total. The first kappa shape index (κ1) is 23.0. The molecule has 3 aromatic carbocycles. The molecular weight excluding hydrogens is 490 g/mol. The van der Waals surface area contributed by atoms with Crippen LogP contribution in [0.4, 0.5) is 0 Å². The second-order valence-electron chi connectivity index (χ2n) is 11.2. The Balaban J connectivity index is 1.20. The number of hydrogen-bond acceptors (Lipinski definition) is 1.